The van der Waals surface area contributed by atoms with Crippen molar-refractivity contribution in [3.8, 4) is 5.75 Å². The van der Waals surface area contributed by atoms with E-state index in [0.29, 0.717) is 48.4 Å². The standard InChI is InChI=1S/C30H35NO5/c1-19-24-12-13-26(20(2)27(24)36-29(33)25(19)17-22-9-5-4-6-10-22)35-21(3)28(32)31-16-15-30(34)14-8-7-11-23(30)18-31/h4-6,9-10,12-13,21,23,34H,7-8,11,14-18H2,1-3H3/t21-,23-,30+/m0/s1. The van der Waals surface area contributed by atoms with Crippen molar-refractivity contribution < 1.29 is 19.1 Å². The van der Waals surface area contributed by atoms with Crippen molar-refractivity contribution in [1.82, 2.24) is 4.90 Å². The fraction of sp³-hybridized carbons (Fsp3) is 0.467. The molecule has 3 atom stereocenters. The summed E-state index contributed by atoms with van der Waals surface area (Å²) in [6, 6.07) is 13.6. The number of hydrogen-bond donors (Lipinski definition) is 1. The quantitative estimate of drug-likeness (QED) is 0.515. The number of aliphatic hydroxyl groups is 1. The lowest BCUT2D eigenvalue weighted by atomic mass is 9.71. The Hall–Kier alpha value is -3.12. The van der Waals surface area contributed by atoms with Gasteiger partial charge in [-0.15, -0.1) is 0 Å². The summed E-state index contributed by atoms with van der Waals surface area (Å²) in [6.45, 7) is 6.70. The Bertz CT molecular complexity index is 1330. The van der Waals surface area contributed by atoms with Crippen molar-refractivity contribution in [2.24, 2.45) is 5.92 Å². The van der Waals surface area contributed by atoms with Crippen LogP contribution in [0.3, 0.4) is 0 Å². The maximum atomic E-state index is 13.2. The maximum Gasteiger partial charge on any atom is 0.340 e. The molecule has 2 heterocycles. The molecular weight excluding hydrogens is 454 g/mol. The first-order chi connectivity index (χ1) is 17.3. The van der Waals surface area contributed by atoms with Crippen LogP contribution in [-0.2, 0) is 11.2 Å². The predicted molar refractivity (Wildman–Crippen MR) is 139 cm³/mol. The number of nitrogens with zero attached hydrogens (tertiary/aromatic N) is 1. The molecule has 1 amide bonds. The topological polar surface area (TPSA) is 80.0 Å². The van der Waals surface area contributed by atoms with E-state index in [1.54, 1.807) is 6.92 Å². The molecule has 1 aliphatic heterocycles. The Kier molecular flexibility index (Phi) is 6.64. The molecule has 0 bridgehead atoms. The molecule has 2 aromatic carbocycles. The van der Waals surface area contributed by atoms with E-state index in [1.165, 1.54) is 0 Å². The summed E-state index contributed by atoms with van der Waals surface area (Å²) >= 11 is 0. The van der Waals surface area contributed by atoms with Crippen molar-refractivity contribution in [3.63, 3.8) is 0 Å². The molecule has 190 valence electrons. The number of likely N-dealkylation sites (tertiary alicyclic amines) is 1. The number of benzene rings is 2. The van der Waals surface area contributed by atoms with Gasteiger partial charge in [-0.25, -0.2) is 4.79 Å². The zero-order valence-corrected chi connectivity index (χ0v) is 21.4. The Balaban J connectivity index is 1.35. The first-order valence-electron chi connectivity index (χ1n) is 13.0. The van der Waals surface area contributed by atoms with Crippen LogP contribution in [0.15, 0.2) is 51.7 Å². The van der Waals surface area contributed by atoms with Gasteiger partial charge in [0.05, 0.1) is 5.60 Å². The van der Waals surface area contributed by atoms with E-state index in [0.717, 1.165) is 42.2 Å². The van der Waals surface area contributed by atoms with Crippen LogP contribution in [0.2, 0.25) is 0 Å². The highest BCUT2D eigenvalue weighted by Crippen LogP contribution is 2.40. The number of aryl methyl sites for hydroxylation is 2. The van der Waals surface area contributed by atoms with Crippen molar-refractivity contribution in [3.05, 3.63) is 75.1 Å². The predicted octanol–water partition coefficient (Wildman–Crippen LogP) is 4.92. The van der Waals surface area contributed by atoms with Crippen LogP contribution in [0.5, 0.6) is 5.75 Å². The monoisotopic (exact) mass is 489 g/mol. The molecule has 0 radical (unpaired) electrons. The zero-order chi connectivity index (χ0) is 25.4. The number of carbonyl (C=O) groups is 1. The average molecular weight is 490 g/mol. The summed E-state index contributed by atoms with van der Waals surface area (Å²) in [5.74, 6) is 0.603. The number of piperidine rings is 1. The minimum atomic E-state index is -0.680. The third-order valence-corrected chi connectivity index (χ3v) is 8.27. The van der Waals surface area contributed by atoms with Gasteiger partial charge in [-0.3, -0.25) is 4.79 Å². The van der Waals surface area contributed by atoms with Gasteiger partial charge in [-0.1, -0.05) is 43.2 Å². The number of hydrogen-bond acceptors (Lipinski definition) is 5. The lowest BCUT2D eigenvalue weighted by Crippen LogP contribution is -2.56. The van der Waals surface area contributed by atoms with Gasteiger partial charge in [0.2, 0.25) is 0 Å². The Morgan fingerprint density at radius 2 is 1.92 bits per heavy atom. The number of carbonyl (C=O) groups excluding carboxylic acids is 1. The fourth-order valence-corrected chi connectivity index (χ4v) is 5.97. The Morgan fingerprint density at radius 1 is 1.14 bits per heavy atom. The summed E-state index contributed by atoms with van der Waals surface area (Å²) in [5.41, 5.74) is 2.84. The molecule has 0 unspecified atom stereocenters. The van der Waals surface area contributed by atoms with Gasteiger partial charge in [0, 0.05) is 41.9 Å². The second-order valence-corrected chi connectivity index (χ2v) is 10.6. The first kappa shape index (κ1) is 24.6. The molecule has 1 aliphatic carbocycles. The second kappa shape index (κ2) is 9.74. The van der Waals surface area contributed by atoms with Crippen LogP contribution in [-0.4, -0.2) is 40.7 Å². The van der Waals surface area contributed by atoms with E-state index in [9.17, 15) is 14.7 Å². The number of ether oxygens (including phenoxy) is 1. The molecule has 6 heteroatoms. The van der Waals surface area contributed by atoms with Crippen LogP contribution in [0, 0.1) is 19.8 Å². The SMILES string of the molecule is Cc1c(Cc2ccccc2)c(=O)oc2c(C)c(O[C@@H](C)C(=O)N3CC[C@]4(O)CCCC[C@H]4C3)ccc12. The molecule has 6 nitrogen and oxygen atoms in total. The van der Waals surface area contributed by atoms with Crippen LogP contribution in [0.25, 0.3) is 11.0 Å². The minimum Gasteiger partial charge on any atom is -0.480 e. The molecule has 0 spiro atoms. The van der Waals surface area contributed by atoms with E-state index in [4.69, 9.17) is 9.15 Å². The average Bonchev–Trinajstić information content (AvgIpc) is 2.88. The van der Waals surface area contributed by atoms with Crippen molar-refractivity contribution in [1.29, 1.82) is 0 Å². The minimum absolute atomic E-state index is 0.0713. The molecule has 5 rings (SSSR count). The van der Waals surface area contributed by atoms with Crippen molar-refractivity contribution in [2.45, 2.75) is 71.0 Å². The molecule has 2 aliphatic rings. The molecule has 2 fully saturated rings. The zero-order valence-electron chi connectivity index (χ0n) is 21.4. The Morgan fingerprint density at radius 3 is 2.69 bits per heavy atom. The van der Waals surface area contributed by atoms with E-state index < -0.39 is 11.7 Å². The van der Waals surface area contributed by atoms with Gasteiger partial charge in [0.25, 0.3) is 5.91 Å². The number of amides is 1. The van der Waals surface area contributed by atoms with Crippen LogP contribution < -0.4 is 10.4 Å². The largest absolute Gasteiger partial charge is 0.480 e. The second-order valence-electron chi connectivity index (χ2n) is 10.6. The molecule has 1 aromatic heterocycles. The summed E-state index contributed by atoms with van der Waals surface area (Å²) in [5, 5.41) is 11.8. The molecule has 3 aromatic rings. The van der Waals surface area contributed by atoms with Crippen LogP contribution in [0.4, 0.5) is 0 Å². The molecule has 1 saturated heterocycles. The highest BCUT2D eigenvalue weighted by atomic mass is 16.5. The van der Waals surface area contributed by atoms with E-state index in [-0.39, 0.29) is 17.5 Å². The number of rotatable bonds is 5. The highest BCUT2D eigenvalue weighted by Gasteiger charge is 2.44. The molecular formula is C30H35NO5. The van der Waals surface area contributed by atoms with Gasteiger partial charge >= 0.3 is 5.63 Å². The van der Waals surface area contributed by atoms with Crippen molar-refractivity contribution in [2.75, 3.05) is 13.1 Å². The van der Waals surface area contributed by atoms with E-state index in [2.05, 4.69) is 0 Å². The van der Waals surface area contributed by atoms with Gasteiger partial charge in [0.15, 0.2) is 6.10 Å². The first-order valence-corrected chi connectivity index (χ1v) is 13.0. The Labute approximate surface area is 211 Å². The summed E-state index contributed by atoms with van der Waals surface area (Å²) in [7, 11) is 0. The van der Waals surface area contributed by atoms with E-state index in [1.807, 2.05) is 61.2 Å². The third-order valence-electron chi connectivity index (χ3n) is 8.27. The fourth-order valence-electron chi connectivity index (χ4n) is 5.97. The summed E-state index contributed by atoms with van der Waals surface area (Å²) in [4.78, 5) is 28.0. The molecule has 36 heavy (non-hydrogen) atoms. The van der Waals surface area contributed by atoms with Crippen molar-refractivity contribution >= 4 is 16.9 Å². The van der Waals surface area contributed by atoms with E-state index >= 15 is 0 Å². The van der Waals surface area contributed by atoms with Crippen LogP contribution in [0.1, 0.15) is 61.3 Å². The summed E-state index contributed by atoms with van der Waals surface area (Å²) in [6.07, 6.45) is 4.42. The van der Waals surface area contributed by atoms with Gasteiger partial charge in [-0.2, -0.15) is 0 Å². The third kappa shape index (κ3) is 4.55. The van der Waals surface area contributed by atoms with Gasteiger partial charge < -0.3 is 19.2 Å². The lowest BCUT2D eigenvalue weighted by Gasteiger charge is -2.47. The molecule has 1 saturated carbocycles. The van der Waals surface area contributed by atoms with Gasteiger partial charge in [-0.05, 0) is 63.3 Å². The van der Waals surface area contributed by atoms with Gasteiger partial charge in [0.1, 0.15) is 11.3 Å². The molecule has 1 N–H and O–H groups in total. The summed E-state index contributed by atoms with van der Waals surface area (Å²) < 4.78 is 11.9. The number of fused-ring (bicyclic) bond motifs is 2. The lowest BCUT2D eigenvalue weighted by molar-refractivity contribution is -0.149. The normalized spacial score (nSPS) is 22.8. The van der Waals surface area contributed by atoms with Crippen LogP contribution >= 0.6 is 0 Å². The smallest absolute Gasteiger partial charge is 0.340 e. The maximum absolute atomic E-state index is 13.2. The highest BCUT2D eigenvalue weighted by molar-refractivity contribution is 5.86.